The molecule has 0 spiro atoms. The zero-order valence-electron chi connectivity index (χ0n) is 10.8. The Morgan fingerprint density at radius 3 is 2.75 bits per heavy atom. The molecule has 1 fully saturated rings. The molecule has 3 N–H and O–H groups in total. The van der Waals surface area contributed by atoms with Crippen molar-refractivity contribution in [2.24, 2.45) is 5.73 Å². The number of carbonyl (C=O) groups excluding carboxylic acids is 1. The Bertz CT molecular complexity index is 647. The summed E-state index contributed by atoms with van der Waals surface area (Å²) in [5.74, 6) is -0.752. The van der Waals surface area contributed by atoms with E-state index in [4.69, 9.17) is 5.73 Å². The molecule has 1 saturated heterocycles. The van der Waals surface area contributed by atoms with Crippen molar-refractivity contribution in [1.82, 2.24) is 4.31 Å². The first-order chi connectivity index (χ1) is 9.23. The summed E-state index contributed by atoms with van der Waals surface area (Å²) >= 11 is 3.23. The average Bonchev–Trinajstić information content (AvgIpc) is 2.75. The summed E-state index contributed by atoms with van der Waals surface area (Å²) in [7, 11) is -3.88. The van der Waals surface area contributed by atoms with Crippen LogP contribution in [0.1, 0.15) is 12.0 Å². The Labute approximate surface area is 125 Å². The van der Waals surface area contributed by atoms with E-state index in [0.29, 0.717) is 10.0 Å². The highest BCUT2D eigenvalue weighted by Gasteiger charge is 2.43. The quantitative estimate of drug-likeness (QED) is 0.810. The molecule has 8 heteroatoms. The fourth-order valence-electron chi connectivity index (χ4n) is 2.29. The first kappa shape index (κ1) is 15.4. The molecule has 0 saturated carbocycles. The minimum absolute atomic E-state index is 0.0294. The van der Waals surface area contributed by atoms with E-state index in [1.165, 1.54) is 6.07 Å². The van der Waals surface area contributed by atoms with Gasteiger partial charge in [0.2, 0.25) is 15.9 Å². The Morgan fingerprint density at radius 2 is 2.15 bits per heavy atom. The highest BCUT2D eigenvalue weighted by Crippen LogP contribution is 2.29. The minimum Gasteiger partial charge on any atom is -0.392 e. The predicted octanol–water partition coefficient (Wildman–Crippen LogP) is 0.367. The number of benzene rings is 1. The molecule has 110 valence electrons. The van der Waals surface area contributed by atoms with Gasteiger partial charge in [0.25, 0.3) is 0 Å². The van der Waals surface area contributed by atoms with Crippen molar-refractivity contribution < 1.29 is 18.3 Å². The Hall–Kier alpha value is -0.960. The number of nitrogens with zero attached hydrogens (tertiary/aromatic N) is 1. The van der Waals surface area contributed by atoms with Crippen molar-refractivity contribution >= 4 is 31.9 Å². The first-order valence-electron chi connectivity index (χ1n) is 5.99. The molecule has 0 bridgehead atoms. The number of β-amino-alcohol motifs (C(OH)–C–C–N with tert-alkyl or cyclic N) is 1. The molecule has 2 unspecified atom stereocenters. The Balaban J connectivity index is 2.49. The summed E-state index contributed by atoms with van der Waals surface area (Å²) < 4.78 is 26.9. The van der Waals surface area contributed by atoms with Crippen LogP contribution < -0.4 is 5.73 Å². The standard InChI is InChI=1S/C12H15BrN2O4S/c1-7-2-3-8(13)4-11(7)20(18,19)15-6-9(16)5-10(15)12(14)17/h2-4,9-10,16H,5-6H2,1H3,(H2,14,17). The summed E-state index contributed by atoms with van der Waals surface area (Å²) in [5, 5.41) is 9.63. The van der Waals surface area contributed by atoms with Gasteiger partial charge in [0.15, 0.2) is 0 Å². The first-order valence-corrected chi connectivity index (χ1v) is 8.22. The number of nitrogens with two attached hydrogens (primary N) is 1. The van der Waals surface area contributed by atoms with Crippen molar-refractivity contribution in [3.05, 3.63) is 28.2 Å². The number of halogens is 1. The summed E-state index contributed by atoms with van der Waals surface area (Å²) in [6.07, 6.45) is -0.850. The van der Waals surface area contributed by atoms with Crippen LogP contribution in [0.25, 0.3) is 0 Å². The van der Waals surface area contributed by atoms with Crippen molar-refractivity contribution in [2.45, 2.75) is 30.4 Å². The number of aryl methyl sites for hydroxylation is 1. The van der Waals surface area contributed by atoms with Gasteiger partial charge >= 0.3 is 0 Å². The van der Waals surface area contributed by atoms with E-state index in [2.05, 4.69) is 15.9 Å². The molecule has 1 aromatic rings. The molecule has 2 rings (SSSR count). The lowest BCUT2D eigenvalue weighted by Gasteiger charge is -2.22. The van der Waals surface area contributed by atoms with Crippen LogP contribution >= 0.6 is 15.9 Å². The Kier molecular flexibility index (Phi) is 4.19. The molecule has 6 nitrogen and oxygen atoms in total. The maximum Gasteiger partial charge on any atom is 0.244 e. The van der Waals surface area contributed by atoms with Gasteiger partial charge in [-0.05, 0) is 24.6 Å². The second-order valence-corrected chi connectivity index (χ2v) is 7.57. The minimum atomic E-state index is -3.88. The maximum absolute atomic E-state index is 12.7. The molecule has 20 heavy (non-hydrogen) atoms. The van der Waals surface area contributed by atoms with E-state index in [1.54, 1.807) is 19.1 Å². The van der Waals surface area contributed by atoms with Gasteiger partial charge < -0.3 is 10.8 Å². The topological polar surface area (TPSA) is 101 Å². The molecular weight excluding hydrogens is 348 g/mol. The third-order valence-corrected chi connectivity index (χ3v) is 5.81. The van der Waals surface area contributed by atoms with Crippen molar-refractivity contribution in [3.8, 4) is 0 Å². The van der Waals surface area contributed by atoms with Crippen molar-refractivity contribution in [2.75, 3.05) is 6.54 Å². The smallest absolute Gasteiger partial charge is 0.244 e. The Morgan fingerprint density at radius 1 is 1.50 bits per heavy atom. The largest absolute Gasteiger partial charge is 0.392 e. The fourth-order valence-corrected chi connectivity index (χ4v) is 4.70. The lowest BCUT2D eigenvalue weighted by Crippen LogP contribution is -2.43. The van der Waals surface area contributed by atoms with Crippen LogP contribution in [0.15, 0.2) is 27.6 Å². The van der Waals surface area contributed by atoms with Crippen LogP contribution in [-0.2, 0) is 14.8 Å². The molecule has 0 radical (unpaired) electrons. The number of aliphatic hydroxyl groups is 1. The van der Waals surface area contributed by atoms with Crippen molar-refractivity contribution in [3.63, 3.8) is 0 Å². The van der Waals surface area contributed by atoms with Crippen LogP contribution in [-0.4, -0.2) is 42.4 Å². The monoisotopic (exact) mass is 362 g/mol. The number of amides is 1. The third-order valence-electron chi connectivity index (χ3n) is 3.30. The molecule has 1 aliphatic heterocycles. The summed E-state index contributed by atoms with van der Waals surface area (Å²) in [6.45, 7) is 1.55. The van der Waals surface area contributed by atoms with E-state index in [1.807, 2.05) is 0 Å². The van der Waals surface area contributed by atoms with Gasteiger partial charge in [0.1, 0.15) is 6.04 Å². The number of sulfonamides is 1. The number of hydrogen-bond donors (Lipinski definition) is 2. The van der Waals surface area contributed by atoms with E-state index in [0.717, 1.165) is 4.31 Å². The molecule has 1 aromatic carbocycles. The van der Waals surface area contributed by atoms with Crippen LogP contribution in [0.4, 0.5) is 0 Å². The van der Waals surface area contributed by atoms with Crippen LogP contribution in [0.5, 0.6) is 0 Å². The van der Waals surface area contributed by atoms with Gasteiger partial charge in [0, 0.05) is 17.4 Å². The molecule has 1 amide bonds. The second-order valence-electron chi connectivity index (χ2n) is 4.79. The van der Waals surface area contributed by atoms with Gasteiger partial charge in [-0.3, -0.25) is 4.79 Å². The molecule has 0 aromatic heterocycles. The summed E-state index contributed by atoms with van der Waals surface area (Å²) in [4.78, 5) is 11.5. The van der Waals surface area contributed by atoms with Gasteiger partial charge in [-0.15, -0.1) is 0 Å². The van der Waals surface area contributed by atoms with Crippen LogP contribution in [0.2, 0.25) is 0 Å². The summed E-state index contributed by atoms with van der Waals surface area (Å²) in [5.41, 5.74) is 5.80. The predicted molar refractivity (Wildman–Crippen MR) is 76.4 cm³/mol. The maximum atomic E-state index is 12.7. The number of primary amides is 1. The van der Waals surface area contributed by atoms with E-state index >= 15 is 0 Å². The van der Waals surface area contributed by atoms with Gasteiger partial charge in [0.05, 0.1) is 11.0 Å². The van der Waals surface area contributed by atoms with Gasteiger partial charge in [-0.1, -0.05) is 22.0 Å². The zero-order chi connectivity index (χ0) is 15.1. The third kappa shape index (κ3) is 2.73. The molecule has 0 aliphatic carbocycles. The number of hydrogen-bond acceptors (Lipinski definition) is 4. The highest BCUT2D eigenvalue weighted by atomic mass is 79.9. The van der Waals surface area contributed by atoms with E-state index in [-0.39, 0.29) is 17.9 Å². The normalized spacial score (nSPS) is 23.9. The van der Waals surface area contributed by atoms with Gasteiger partial charge in [-0.25, -0.2) is 8.42 Å². The number of rotatable bonds is 3. The number of carbonyl (C=O) groups is 1. The SMILES string of the molecule is Cc1ccc(Br)cc1S(=O)(=O)N1CC(O)CC1C(N)=O. The second kappa shape index (κ2) is 5.44. The van der Waals surface area contributed by atoms with Crippen LogP contribution in [0.3, 0.4) is 0 Å². The molecule has 1 aliphatic rings. The lowest BCUT2D eigenvalue weighted by molar-refractivity contribution is -0.121. The van der Waals surface area contributed by atoms with E-state index < -0.39 is 28.1 Å². The molecule has 1 heterocycles. The molecule has 2 atom stereocenters. The zero-order valence-corrected chi connectivity index (χ0v) is 13.2. The average molecular weight is 363 g/mol. The van der Waals surface area contributed by atoms with Crippen molar-refractivity contribution in [1.29, 1.82) is 0 Å². The van der Waals surface area contributed by atoms with Crippen LogP contribution in [0, 0.1) is 6.92 Å². The molecular formula is C12H15BrN2O4S. The van der Waals surface area contributed by atoms with E-state index in [9.17, 15) is 18.3 Å². The highest BCUT2D eigenvalue weighted by molar-refractivity contribution is 9.10. The number of aliphatic hydroxyl groups excluding tert-OH is 1. The lowest BCUT2D eigenvalue weighted by atomic mass is 10.2. The fraction of sp³-hybridized carbons (Fsp3) is 0.417. The summed E-state index contributed by atoms with van der Waals surface area (Å²) in [6, 6.07) is 3.88. The van der Waals surface area contributed by atoms with Gasteiger partial charge in [-0.2, -0.15) is 4.31 Å².